The van der Waals surface area contributed by atoms with E-state index in [1.165, 1.54) is 30.4 Å². The van der Waals surface area contributed by atoms with Crippen molar-refractivity contribution in [2.24, 2.45) is 0 Å². The summed E-state index contributed by atoms with van der Waals surface area (Å²) in [6, 6.07) is 9.17. The van der Waals surface area contributed by atoms with Crippen molar-refractivity contribution in [1.29, 1.82) is 0 Å². The van der Waals surface area contributed by atoms with Gasteiger partial charge in [-0.1, -0.05) is 63.3 Å². The van der Waals surface area contributed by atoms with Crippen molar-refractivity contribution in [3.63, 3.8) is 0 Å². The lowest BCUT2D eigenvalue weighted by atomic mass is 9.94. The molecular weight excluding hydrogens is 282 g/mol. The topological polar surface area (TPSA) is 3.24 Å². The molecule has 1 aliphatic rings. The van der Waals surface area contributed by atoms with Crippen LogP contribution in [0.1, 0.15) is 43.4 Å². The predicted octanol–water partition coefficient (Wildman–Crippen LogP) is 5.86. The molecule has 1 heterocycles. The van der Waals surface area contributed by atoms with Crippen molar-refractivity contribution < 1.29 is 0 Å². The van der Waals surface area contributed by atoms with Gasteiger partial charge in [-0.15, -0.1) is 0 Å². The smallest absolute Gasteiger partial charge is 0.0798 e. The van der Waals surface area contributed by atoms with Crippen molar-refractivity contribution in [3.05, 3.63) is 58.4 Å². The Morgan fingerprint density at radius 2 is 1.82 bits per heavy atom. The number of hydrogen-bond acceptors (Lipinski definition) is 1. The van der Waals surface area contributed by atoms with Gasteiger partial charge in [0.05, 0.1) is 14.1 Å². The number of benzene rings is 1. The molecule has 0 N–H and O–H groups in total. The highest BCUT2D eigenvalue weighted by Gasteiger charge is 2.29. The molecule has 1 aromatic carbocycles. The summed E-state index contributed by atoms with van der Waals surface area (Å²) < 4.78 is 0. The molecule has 120 valence electrons. The normalized spacial score (nSPS) is 19.0. The van der Waals surface area contributed by atoms with Crippen molar-refractivity contribution in [2.45, 2.75) is 58.8 Å². The number of allylic oxidation sites excluding steroid dienone is 2. The second-order valence-electron chi connectivity index (χ2n) is 7.56. The number of aryl methyl sites for hydroxylation is 1. The Labute approximate surface area is 137 Å². The molecule has 1 nitrogen and oxygen atoms in total. The second-order valence-corrected chi connectivity index (χ2v) is 12.6. The monoisotopic (exact) mass is 313 g/mol. The van der Waals surface area contributed by atoms with Crippen LogP contribution in [0.2, 0.25) is 19.6 Å². The molecule has 0 saturated heterocycles. The SMILES string of the molecule is CCCCC1=CC(c2ccccc2C)N(C)C=C1[Si](C)(C)C. The van der Waals surface area contributed by atoms with Gasteiger partial charge in [0, 0.05) is 7.05 Å². The molecule has 0 saturated carbocycles. The Hall–Kier alpha value is -1.28. The molecule has 0 bridgehead atoms. The van der Waals surface area contributed by atoms with Crippen molar-refractivity contribution >= 4 is 8.07 Å². The third kappa shape index (κ3) is 3.72. The Kier molecular flexibility index (Phi) is 5.33. The molecule has 2 rings (SSSR count). The molecule has 0 aromatic heterocycles. The standard InChI is InChI=1S/C20H31NSi/c1-7-8-12-17-14-19(18-13-10-9-11-16(18)2)21(3)15-20(17)22(4,5)6/h9-11,13-15,19H,7-8,12H2,1-6H3. The van der Waals surface area contributed by atoms with Crippen LogP contribution >= 0.6 is 0 Å². The third-order valence-corrected chi connectivity index (χ3v) is 6.66. The fourth-order valence-electron chi connectivity index (χ4n) is 3.25. The van der Waals surface area contributed by atoms with E-state index in [9.17, 15) is 0 Å². The summed E-state index contributed by atoms with van der Waals surface area (Å²) in [6.45, 7) is 11.9. The minimum atomic E-state index is -1.30. The zero-order chi connectivity index (χ0) is 16.3. The first-order chi connectivity index (χ1) is 10.3. The summed E-state index contributed by atoms with van der Waals surface area (Å²) in [7, 11) is 0.922. The number of rotatable bonds is 5. The molecular formula is C20H31NSi. The van der Waals surface area contributed by atoms with Gasteiger partial charge in [0.25, 0.3) is 0 Å². The van der Waals surface area contributed by atoms with Gasteiger partial charge in [0.15, 0.2) is 0 Å². The fourth-order valence-corrected chi connectivity index (χ4v) is 5.02. The van der Waals surface area contributed by atoms with Crippen LogP contribution in [0, 0.1) is 6.92 Å². The zero-order valence-electron chi connectivity index (χ0n) is 15.1. The molecule has 0 spiro atoms. The highest BCUT2D eigenvalue weighted by Crippen LogP contribution is 2.37. The molecule has 2 heteroatoms. The van der Waals surface area contributed by atoms with E-state index in [2.05, 4.69) is 82.0 Å². The number of hydrogen-bond donors (Lipinski definition) is 0. The Balaban J connectivity index is 2.41. The maximum atomic E-state index is 2.53. The Morgan fingerprint density at radius 3 is 2.41 bits per heavy atom. The van der Waals surface area contributed by atoms with Crippen LogP contribution < -0.4 is 0 Å². The van der Waals surface area contributed by atoms with E-state index >= 15 is 0 Å². The van der Waals surface area contributed by atoms with Gasteiger partial charge in [-0.3, -0.25) is 0 Å². The van der Waals surface area contributed by atoms with E-state index in [0.717, 1.165) is 0 Å². The molecule has 0 fully saturated rings. The minimum absolute atomic E-state index is 0.383. The quantitative estimate of drug-likeness (QED) is 0.615. The fraction of sp³-hybridized carbons (Fsp3) is 0.500. The van der Waals surface area contributed by atoms with Gasteiger partial charge in [-0.25, -0.2) is 0 Å². The summed E-state index contributed by atoms with van der Waals surface area (Å²) >= 11 is 0. The van der Waals surface area contributed by atoms with E-state index in [1.807, 2.05) is 0 Å². The van der Waals surface area contributed by atoms with Crippen LogP contribution in [0.3, 0.4) is 0 Å². The van der Waals surface area contributed by atoms with E-state index in [-0.39, 0.29) is 0 Å². The molecule has 1 aliphatic heterocycles. The molecule has 1 unspecified atom stereocenters. The van der Waals surface area contributed by atoms with E-state index in [4.69, 9.17) is 0 Å². The minimum Gasteiger partial charge on any atom is -0.370 e. The summed E-state index contributed by atoms with van der Waals surface area (Å²) in [4.78, 5) is 2.41. The van der Waals surface area contributed by atoms with E-state index < -0.39 is 8.07 Å². The highest BCUT2D eigenvalue weighted by atomic mass is 28.3. The Morgan fingerprint density at radius 1 is 1.14 bits per heavy atom. The summed E-state index contributed by atoms with van der Waals surface area (Å²) in [6.07, 6.45) is 8.75. The first-order valence-corrected chi connectivity index (χ1v) is 12.1. The number of nitrogens with zero attached hydrogens (tertiary/aromatic N) is 1. The molecule has 1 aromatic rings. The second kappa shape index (κ2) is 6.87. The highest BCUT2D eigenvalue weighted by molar-refractivity contribution is 6.84. The van der Waals surface area contributed by atoms with E-state index in [1.54, 1.807) is 10.8 Å². The molecule has 0 aliphatic carbocycles. The van der Waals surface area contributed by atoms with Crippen molar-refractivity contribution in [2.75, 3.05) is 7.05 Å². The van der Waals surface area contributed by atoms with Crippen molar-refractivity contribution in [3.8, 4) is 0 Å². The van der Waals surface area contributed by atoms with Gasteiger partial charge in [0.2, 0.25) is 0 Å². The van der Waals surface area contributed by atoms with Crippen molar-refractivity contribution in [1.82, 2.24) is 4.90 Å². The maximum absolute atomic E-state index is 2.53. The van der Waals surface area contributed by atoms with Crippen LogP contribution in [-0.4, -0.2) is 20.0 Å². The van der Waals surface area contributed by atoms with Gasteiger partial charge in [-0.2, -0.15) is 0 Å². The number of unbranched alkanes of at least 4 members (excludes halogenated alkanes) is 1. The van der Waals surface area contributed by atoms with Gasteiger partial charge < -0.3 is 4.90 Å². The summed E-state index contributed by atoms with van der Waals surface area (Å²) in [5.41, 5.74) is 4.42. The zero-order valence-corrected chi connectivity index (χ0v) is 16.1. The van der Waals surface area contributed by atoms with Crippen LogP contribution in [0.15, 0.2) is 47.3 Å². The van der Waals surface area contributed by atoms with Gasteiger partial charge in [0.1, 0.15) is 0 Å². The number of likely N-dealkylation sites (N-methyl/N-ethyl adjacent to an activating group) is 1. The first kappa shape index (κ1) is 17.1. The maximum Gasteiger partial charge on any atom is 0.0798 e. The van der Waals surface area contributed by atoms with Crippen LogP contribution in [-0.2, 0) is 0 Å². The predicted molar refractivity (Wildman–Crippen MR) is 101 cm³/mol. The lowest BCUT2D eigenvalue weighted by molar-refractivity contribution is 0.383. The first-order valence-electron chi connectivity index (χ1n) is 8.55. The van der Waals surface area contributed by atoms with Gasteiger partial charge in [-0.05, 0) is 47.9 Å². The average Bonchev–Trinajstić information content (AvgIpc) is 2.45. The lowest BCUT2D eigenvalue weighted by Crippen LogP contribution is -2.32. The largest absolute Gasteiger partial charge is 0.370 e. The van der Waals surface area contributed by atoms with Crippen LogP contribution in [0.5, 0.6) is 0 Å². The Bertz CT molecular complexity index is 578. The summed E-state index contributed by atoms with van der Waals surface area (Å²) in [5.74, 6) is 0. The third-order valence-electron chi connectivity index (χ3n) is 4.59. The molecule has 0 amide bonds. The average molecular weight is 314 g/mol. The molecule has 0 radical (unpaired) electrons. The lowest BCUT2D eigenvalue weighted by Gasteiger charge is -2.36. The van der Waals surface area contributed by atoms with Gasteiger partial charge >= 0.3 is 0 Å². The van der Waals surface area contributed by atoms with E-state index in [0.29, 0.717) is 6.04 Å². The molecule has 22 heavy (non-hydrogen) atoms. The van der Waals surface area contributed by atoms with Crippen LogP contribution in [0.4, 0.5) is 0 Å². The van der Waals surface area contributed by atoms with Crippen LogP contribution in [0.25, 0.3) is 0 Å². The molecule has 1 atom stereocenters. The summed E-state index contributed by atoms with van der Waals surface area (Å²) in [5, 5.41) is 1.63.